The summed E-state index contributed by atoms with van der Waals surface area (Å²) >= 11 is 0. The van der Waals surface area contributed by atoms with Gasteiger partial charge >= 0.3 is 0 Å². The van der Waals surface area contributed by atoms with Gasteiger partial charge in [-0.2, -0.15) is 5.10 Å². The highest BCUT2D eigenvalue weighted by Crippen LogP contribution is 2.37. The molecule has 1 aliphatic rings. The molecule has 0 saturated heterocycles. The van der Waals surface area contributed by atoms with Crippen molar-refractivity contribution in [3.8, 4) is 0 Å². The monoisotopic (exact) mass is 239 g/mol. The van der Waals surface area contributed by atoms with Crippen LogP contribution in [0.25, 0.3) is 0 Å². The molecule has 3 heterocycles. The number of nitrogens with zero attached hydrogens (tertiary/aromatic N) is 2. The molecule has 0 saturated carbocycles. The van der Waals surface area contributed by atoms with Gasteiger partial charge in [-0.1, -0.05) is 0 Å². The molecular weight excluding hydrogens is 228 g/mol. The van der Waals surface area contributed by atoms with Crippen molar-refractivity contribution in [2.75, 3.05) is 5.32 Å². The van der Waals surface area contributed by atoms with E-state index in [2.05, 4.69) is 10.4 Å². The van der Waals surface area contributed by atoms with Crippen molar-refractivity contribution in [1.82, 2.24) is 9.78 Å². The van der Waals surface area contributed by atoms with E-state index in [1.807, 2.05) is 0 Å². The number of aromatic nitrogens is 2. The van der Waals surface area contributed by atoms with E-state index in [0.717, 1.165) is 0 Å². The van der Waals surface area contributed by atoms with Gasteiger partial charge in [-0.05, 0) is 12.1 Å². The number of nitrogens with one attached hydrogen (secondary N) is 1. The Balaban J connectivity index is 1.94. The quantitative estimate of drug-likeness (QED) is 0.876. The highest BCUT2D eigenvalue weighted by atomic mass is 19.3. The third-order valence-electron chi connectivity index (χ3n) is 2.96. The molecule has 0 aromatic carbocycles. The minimum absolute atomic E-state index is 0.229. The Morgan fingerprint density at radius 1 is 1.47 bits per heavy atom. The van der Waals surface area contributed by atoms with Gasteiger partial charge in [0, 0.05) is 12.5 Å². The van der Waals surface area contributed by atoms with Crippen LogP contribution in [0.5, 0.6) is 0 Å². The Morgan fingerprint density at radius 3 is 3.06 bits per heavy atom. The fraction of sp³-hybridized carbons (Fsp3) is 0.364. The van der Waals surface area contributed by atoms with Crippen LogP contribution in [-0.4, -0.2) is 16.2 Å². The molecule has 2 aromatic rings. The number of hydrogen-bond donors (Lipinski definition) is 1. The SMILES string of the molecule is FC(F)[C@H]1C[C@H](c2ccco2)Nc2ccnn21. The summed E-state index contributed by atoms with van der Waals surface area (Å²) in [5.74, 6) is 1.27. The summed E-state index contributed by atoms with van der Waals surface area (Å²) in [6, 6.07) is 4.08. The largest absolute Gasteiger partial charge is 0.467 e. The van der Waals surface area contributed by atoms with Crippen molar-refractivity contribution in [3.05, 3.63) is 36.4 Å². The first-order valence-electron chi connectivity index (χ1n) is 5.37. The third-order valence-corrected chi connectivity index (χ3v) is 2.96. The van der Waals surface area contributed by atoms with Crippen LogP contribution in [0.15, 0.2) is 35.1 Å². The van der Waals surface area contributed by atoms with Crippen molar-refractivity contribution in [1.29, 1.82) is 0 Å². The standard InChI is InChI=1S/C11H11F2N3O/c12-11(13)8-6-7(9-2-1-5-17-9)15-10-3-4-14-16(8)10/h1-5,7-8,11,15H,6H2/t7-,8-/m1/s1. The molecule has 1 aliphatic heterocycles. The van der Waals surface area contributed by atoms with Gasteiger partial charge in [-0.3, -0.25) is 0 Å². The Morgan fingerprint density at radius 2 is 2.35 bits per heavy atom. The summed E-state index contributed by atoms with van der Waals surface area (Å²) in [4.78, 5) is 0. The molecule has 4 nitrogen and oxygen atoms in total. The van der Waals surface area contributed by atoms with E-state index in [-0.39, 0.29) is 12.5 Å². The van der Waals surface area contributed by atoms with Gasteiger partial charge in [0.25, 0.3) is 6.43 Å². The number of fused-ring (bicyclic) bond motifs is 1. The lowest BCUT2D eigenvalue weighted by Crippen LogP contribution is -2.30. The second-order valence-corrected chi connectivity index (χ2v) is 4.01. The zero-order valence-electron chi connectivity index (χ0n) is 8.88. The molecule has 0 fully saturated rings. The predicted octanol–water partition coefficient (Wildman–Crippen LogP) is 2.84. The van der Waals surface area contributed by atoms with E-state index >= 15 is 0 Å². The lowest BCUT2D eigenvalue weighted by molar-refractivity contribution is 0.0645. The van der Waals surface area contributed by atoms with E-state index < -0.39 is 12.5 Å². The van der Waals surface area contributed by atoms with Crippen LogP contribution in [0.4, 0.5) is 14.6 Å². The Hall–Kier alpha value is -1.85. The van der Waals surface area contributed by atoms with Gasteiger partial charge in [-0.25, -0.2) is 13.5 Å². The lowest BCUT2D eigenvalue weighted by atomic mass is 10.0. The molecule has 0 amide bonds. The molecule has 0 radical (unpaired) electrons. The predicted molar refractivity (Wildman–Crippen MR) is 57.0 cm³/mol. The zero-order chi connectivity index (χ0) is 11.8. The number of alkyl halides is 2. The molecule has 0 spiro atoms. The maximum atomic E-state index is 13.0. The van der Waals surface area contributed by atoms with E-state index in [4.69, 9.17) is 4.42 Å². The summed E-state index contributed by atoms with van der Waals surface area (Å²) in [7, 11) is 0. The summed E-state index contributed by atoms with van der Waals surface area (Å²) in [6.45, 7) is 0. The summed E-state index contributed by atoms with van der Waals surface area (Å²) in [6.07, 6.45) is 0.885. The molecule has 2 aromatic heterocycles. The number of furan rings is 1. The molecular formula is C11H11F2N3O. The Labute approximate surface area is 96.2 Å². The van der Waals surface area contributed by atoms with Gasteiger partial charge in [0.2, 0.25) is 0 Å². The van der Waals surface area contributed by atoms with Crippen LogP contribution in [0, 0.1) is 0 Å². The van der Waals surface area contributed by atoms with E-state index in [0.29, 0.717) is 11.6 Å². The minimum Gasteiger partial charge on any atom is -0.467 e. The van der Waals surface area contributed by atoms with E-state index in [1.54, 1.807) is 24.5 Å². The van der Waals surface area contributed by atoms with Gasteiger partial charge in [0.15, 0.2) is 0 Å². The second-order valence-electron chi connectivity index (χ2n) is 4.01. The first-order chi connectivity index (χ1) is 8.25. The highest BCUT2D eigenvalue weighted by molar-refractivity contribution is 5.39. The maximum absolute atomic E-state index is 13.0. The minimum atomic E-state index is -2.44. The molecule has 0 unspecified atom stereocenters. The topological polar surface area (TPSA) is 43.0 Å². The van der Waals surface area contributed by atoms with Crippen molar-refractivity contribution in [3.63, 3.8) is 0 Å². The fourth-order valence-electron chi connectivity index (χ4n) is 2.16. The summed E-state index contributed by atoms with van der Waals surface area (Å²) in [5.41, 5.74) is 0. The summed E-state index contributed by atoms with van der Waals surface area (Å²) < 4.78 is 32.5. The molecule has 1 N–H and O–H groups in total. The van der Waals surface area contributed by atoms with Crippen LogP contribution in [0.3, 0.4) is 0 Å². The van der Waals surface area contributed by atoms with Gasteiger partial charge in [-0.15, -0.1) is 0 Å². The van der Waals surface area contributed by atoms with Gasteiger partial charge < -0.3 is 9.73 Å². The molecule has 0 bridgehead atoms. The van der Waals surface area contributed by atoms with Gasteiger partial charge in [0.05, 0.1) is 18.5 Å². The zero-order valence-corrected chi connectivity index (χ0v) is 8.88. The number of anilines is 1. The molecule has 0 aliphatic carbocycles. The van der Waals surface area contributed by atoms with Crippen molar-refractivity contribution >= 4 is 5.82 Å². The molecule has 2 atom stereocenters. The average molecular weight is 239 g/mol. The maximum Gasteiger partial charge on any atom is 0.260 e. The first-order valence-corrected chi connectivity index (χ1v) is 5.37. The average Bonchev–Trinajstić information content (AvgIpc) is 2.98. The molecule has 90 valence electrons. The second kappa shape index (κ2) is 3.87. The smallest absolute Gasteiger partial charge is 0.260 e. The highest BCUT2D eigenvalue weighted by Gasteiger charge is 2.34. The van der Waals surface area contributed by atoms with Crippen LogP contribution in [-0.2, 0) is 0 Å². The Kier molecular flexibility index (Phi) is 2.35. The van der Waals surface area contributed by atoms with E-state index in [1.165, 1.54) is 10.9 Å². The molecule has 6 heteroatoms. The molecule has 17 heavy (non-hydrogen) atoms. The number of rotatable bonds is 2. The molecule has 3 rings (SSSR count). The van der Waals surface area contributed by atoms with Crippen LogP contribution in [0.1, 0.15) is 24.3 Å². The van der Waals surface area contributed by atoms with Gasteiger partial charge in [0.1, 0.15) is 17.6 Å². The van der Waals surface area contributed by atoms with Crippen molar-refractivity contribution in [2.24, 2.45) is 0 Å². The van der Waals surface area contributed by atoms with Crippen LogP contribution in [0.2, 0.25) is 0 Å². The van der Waals surface area contributed by atoms with E-state index in [9.17, 15) is 8.78 Å². The summed E-state index contributed by atoms with van der Waals surface area (Å²) in [5, 5.41) is 7.06. The fourth-order valence-corrected chi connectivity index (χ4v) is 2.16. The van der Waals surface area contributed by atoms with Crippen LogP contribution >= 0.6 is 0 Å². The number of hydrogen-bond acceptors (Lipinski definition) is 3. The normalized spacial score (nSPS) is 23.5. The third kappa shape index (κ3) is 1.69. The van der Waals surface area contributed by atoms with Crippen molar-refractivity contribution < 1.29 is 13.2 Å². The number of halogens is 2. The Bertz CT molecular complexity index is 495. The first kappa shape index (κ1) is 10.3. The lowest BCUT2D eigenvalue weighted by Gasteiger charge is -2.30. The van der Waals surface area contributed by atoms with Crippen LogP contribution < -0.4 is 5.32 Å². The van der Waals surface area contributed by atoms with Crippen molar-refractivity contribution in [2.45, 2.75) is 24.9 Å².